The Labute approximate surface area is 160 Å². The summed E-state index contributed by atoms with van der Waals surface area (Å²) < 4.78 is 0. The van der Waals surface area contributed by atoms with Crippen LogP contribution in [-0.2, 0) is 0 Å². The van der Waals surface area contributed by atoms with E-state index >= 15 is 0 Å². The Morgan fingerprint density at radius 1 is 1.07 bits per heavy atom. The number of pyridine rings is 1. The molecule has 10 heteroatoms. The highest BCUT2D eigenvalue weighted by atomic mass is 16.4. The molecule has 2 amide bonds. The van der Waals surface area contributed by atoms with Crippen molar-refractivity contribution in [2.75, 3.05) is 11.9 Å². The second-order valence-corrected chi connectivity index (χ2v) is 5.72. The van der Waals surface area contributed by atoms with Crippen molar-refractivity contribution in [3.05, 3.63) is 59.9 Å². The lowest BCUT2D eigenvalue weighted by molar-refractivity contribution is -0.0542. The molecule has 0 bridgehead atoms. The van der Waals surface area contributed by atoms with Gasteiger partial charge >= 0.3 is 0 Å². The van der Waals surface area contributed by atoms with E-state index in [2.05, 4.69) is 20.8 Å². The molecule has 0 spiro atoms. The third-order valence-electron chi connectivity index (χ3n) is 3.65. The van der Waals surface area contributed by atoms with E-state index in [1.54, 1.807) is 18.3 Å². The molecule has 0 saturated heterocycles. The number of hydrazone groups is 1. The molecule has 0 aliphatic carbocycles. The Morgan fingerprint density at radius 3 is 2.39 bits per heavy atom. The molecule has 3 atom stereocenters. The summed E-state index contributed by atoms with van der Waals surface area (Å²) in [6, 6.07) is 9.25. The molecule has 148 valence electrons. The number of carbonyl (C=O) groups is 2. The average Bonchev–Trinajstić information content (AvgIpc) is 2.73. The lowest BCUT2D eigenvalue weighted by Gasteiger charge is -2.17. The largest absolute Gasteiger partial charge is 0.394 e. The molecule has 1 aromatic carbocycles. The zero-order chi connectivity index (χ0) is 20.5. The maximum atomic E-state index is 12.0. The average molecular weight is 388 g/mol. The van der Waals surface area contributed by atoms with Gasteiger partial charge in [0, 0.05) is 23.6 Å². The molecule has 1 aromatic heterocycles. The van der Waals surface area contributed by atoms with Gasteiger partial charge in [-0.2, -0.15) is 5.10 Å². The first-order chi connectivity index (χ1) is 13.4. The Hall–Kier alpha value is -3.18. The van der Waals surface area contributed by atoms with Crippen molar-refractivity contribution >= 4 is 23.7 Å². The number of aromatic nitrogens is 1. The zero-order valence-electron chi connectivity index (χ0n) is 14.6. The number of amides is 2. The smallest absolute Gasteiger partial charge is 0.271 e. The number of nitrogens with zero attached hydrogens (tertiary/aromatic N) is 2. The van der Waals surface area contributed by atoms with E-state index < -0.39 is 30.8 Å². The summed E-state index contributed by atoms with van der Waals surface area (Å²) in [5, 5.41) is 43.1. The van der Waals surface area contributed by atoms with Crippen molar-refractivity contribution in [2.45, 2.75) is 18.3 Å². The first kappa shape index (κ1) is 21.1. The number of aliphatic hydroxyl groups excluding tert-OH is 4. The van der Waals surface area contributed by atoms with E-state index in [1.165, 1.54) is 30.5 Å². The molecule has 0 saturated carbocycles. The van der Waals surface area contributed by atoms with Crippen molar-refractivity contribution < 1.29 is 30.0 Å². The number of rotatable bonds is 8. The van der Waals surface area contributed by atoms with Gasteiger partial charge in [-0.3, -0.25) is 14.6 Å². The standard InChI is InChI=1S/C18H20N4O6/c23-10-15(25)16(26)14(24)9-20-22-18(28)11-3-5-13(6-4-11)21-17(27)12-2-1-7-19-8-12/h1-9,14-16,23-26H,10H2,(H,21,27)(H,22,28)/b20-9+/t14-,15-,16+/m1/s1. The van der Waals surface area contributed by atoms with Gasteiger partial charge in [0.05, 0.1) is 18.4 Å². The summed E-state index contributed by atoms with van der Waals surface area (Å²) in [5.41, 5.74) is 3.26. The van der Waals surface area contributed by atoms with Gasteiger partial charge in [0.2, 0.25) is 0 Å². The van der Waals surface area contributed by atoms with Crippen LogP contribution in [0.5, 0.6) is 0 Å². The van der Waals surface area contributed by atoms with Crippen molar-refractivity contribution in [3.63, 3.8) is 0 Å². The Bertz CT molecular complexity index is 813. The highest BCUT2D eigenvalue weighted by Gasteiger charge is 2.22. The van der Waals surface area contributed by atoms with Gasteiger partial charge < -0.3 is 25.7 Å². The van der Waals surface area contributed by atoms with E-state index in [0.29, 0.717) is 11.3 Å². The monoisotopic (exact) mass is 388 g/mol. The number of hydrogen-bond donors (Lipinski definition) is 6. The molecule has 1 heterocycles. The minimum atomic E-state index is -1.65. The van der Waals surface area contributed by atoms with Gasteiger partial charge in [-0.25, -0.2) is 5.43 Å². The van der Waals surface area contributed by atoms with Crippen LogP contribution in [0.1, 0.15) is 20.7 Å². The van der Waals surface area contributed by atoms with E-state index in [-0.39, 0.29) is 11.5 Å². The summed E-state index contributed by atoms with van der Waals surface area (Å²) in [6.45, 7) is -0.734. The van der Waals surface area contributed by atoms with Crippen molar-refractivity contribution in [1.82, 2.24) is 10.4 Å². The van der Waals surface area contributed by atoms with Gasteiger partial charge in [-0.05, 0) is 36.4 Å². The number of hydrogen-bond acceptors (Lipinski definition) is 8. The SMILES string of the molecule is O=C(N/N=C/[C@@H](O)[C@H](O)[C@H](O)CO)c1ccc(NC(=O)c2cccnc2)cc1. The summed E-state index contributed by atoms with van der Waals surface area (Å²) in [7, 11) is 0. The molecule has 0 aliphatic heterocycles. The highest BCUT2D eigenvalue weighted by molar-refractivity contribution is 6.04. The maximum absolute atomic E-state index is 12.0. The molecule has 28 heavy (non-hydrogen) atoms. The molecule has 2 rings (SSSR count). The number of anilines is 1. The Kier molecular flexibility index (Phi) is 7.72. The van der Waals surface area contributed by atoms with Crippen molar-refractivity contribution in [3.8, 4) is 0 Å². The van der Waals surface area contributed by atoms with Crippen LogP contribution in [0.3, 0.4) is 0 Å². The Balaban J connectivity index is 1.89. The second-order valence-electron chi connectivity index (χ2n) is 5.72. The molecule has 2 aromatic rings. The van der Waals surface area contributed by atoms with Crippen LogP contribution >= 0.6 is 0 Å². The van der Waals surface area contributed by atoms with E-state index in [1.807, 2.05) is 0 Å². The van der Waals surface area contributed by atoms with Crippen LogP contribution in [0.15, 0.2) is 53.9 Å². The van der Waals surface area contributed by atoms with E-state index in [4.69, 9.17) is 5.11 Å². The second kappa shape index (κ2) is 10.2. The molecule has 0 radical (unpaired) electrons. The summed E-state index contributed by atoms with van der Waals surface area (Å²) in [6.07, 6.45) is -0.946. The predicted molar refractivity (Wildman–Crippen MR) is 99.7 cm³/mol. The van der Waals surface area contributed by atoms with Crippen LogP contribution in [0.4, 0.5) is 5.69 Å². The first-order valence-corrected chi connectivity index (χ1v) is 8.22. The van der Waals surface area contributed by atoms with E-state index in [0.717, 1.165) is 6.21 Å². The number of nitrogens with one attached hydrogen (secondary N) is 2. The summed E-state index contributed by atoms with van der Waals surface area (Å²) >= 11 is 0. The lowest BCUT2D eigenvalue weighted by Crippen LogP contribution is -2.40. The number of benzene rings is 1. The summed E-state index contributed by atoms with van der Waals surface area (Å²) in [4.78, 5) is 27.9. The molecular weight excluding hydrogens is 368 g/mol. The fraction of sp³-hybridized carbons (Fsp3) is 0.222. The van der Waals surface area contributed by atoms with Gasteiger partial charge in [-0.15, -0.1) is 0 Å². The molecular formula is C18H20N4O6. The van der Waals surface area contributed by atoms with Gasteiger partial charge in [0.1, 0.15) is 18.3 Å². The fourth-order valence-corrected chi connectivity index (χ4v) is 2.07. The van der Waals surface area contributed by atoms with Crippen LogP contribution in [-0.4, -0.2) is 68.4 Å². The number of aliphatic hydroxyl groups is 4. The maximum Gasteiger partial charge on any atom is 0.271 e. The van der Waals surface area contributed by atoms with Crippen LogP contribution in [0.25, 0.3) is 0 Å². The minimum Gasteiger partial charge on any atom is -0.394 e. The van der Waals surface area contributed by atoms with Crippen molar-refractivity contribution in [1.29, 1.82) is 0 Å². The van der Waals surface area contributed by atoms with Crippen LogP contribution in [0.2, 0.25) is 0 Å². The fourth-order valence-electron chi connectivity index (χ4n) is 2.07. The number of carbonyl (C=O) groups excluding carboxylic acids is 2. The van der Waals surface area contributed by atoms with Gasteiger partial charge in [0.15, 0.2) is 0 Å². The van der Waals surface area contributed by atoms with Crippen LogP contribution in [0, 0.1) is 0 Å². The van der Waals surface area contributed by atoms with Crippen molar-refractivity contribution in [2.24, 2.45) is 5.10 Å². The Morgan fingerprint density at radius 2 is 1.79 bits per heavy atom. The third kappa shape index (κ3) is 5.93. The zero-order valence-corrected chi connectivity index (χ0v) is 14.6. The molecule has 0 unspecified atom stereocenters. The van der Waals surface area contributed by atoms with Gasteiger partial charge in [0.25, 0.3) is 11.8 Å². The molecule has 10 nitrogen and oxygen atoms in total. The first-order valence-electron chi connectivity index (χ1n) is 8.22. The highest BCUT2D eigenvalue weighted by Crippen LogP contribution is 2.11. The molecule has 0 aliphatic rings. The summed E-state index contributed by atoms with van der Waals surface area (Å²) in [5.74, 6) is -0.932. The van der Waals surface area contributed by atoms with E-state index in [9.17, 15) is 24.9 Å². The minimum absolute atomic E-state index is 0.238. The lowest BCUT2D eigenvalue weighted by atomic mass is 10.1. The molecule has 0 fully saturated rings. The molecule has 6 N–H and O–H groups in total. The van der Waals surface area contributed by atoms with Gasteiger partial charge in [-0.1, -0.05) is 0 Å². The predicted octanol–water partition coefficient (Wildman–Crippen LogP) is -0.875. The third-order valence-corrected chi connectivity index (χ3v) is 3.65. The quantitative estimate of drug-likeness (QED) is 0.252. The normalized spacial score (nSPS) is 14.3. The van der Waals surface area contributed by atoms with Crippen LogP contribution < -0.4 is 10.7 Å². The topological polar surface area (TPSA) is 164 Å².